The highest BCUT2D eigenvalue weighted by Gasteiger charge is 2.47. The minimum absolute atomic E-state index is 0.000401. The molecule has 19 heteroatoms. The molecule has 19 nitrogen and oxygen atoms in total. The summed E-state index contributed by atoms with van der Waals surface area (Å²) in [7, 11) is 0. The normalized spacial score (nSPS) is 24.6. The number of aliphatic hydroxyl groups excluding tert-OH is 7. The minimum atomic E-state index is -1.96. The van der Waals surface area contributed by atoms with E-state index in [1.54, 1.807) is 24.3 Å². The third kappa shape index (κ3) is 7.71. The second-order valence-corrected chi connectivity index (χ2v) is 14.3. The maximum atomic E-state index is 14.6. The topological polar surface area (TPSA) is 303 Å². The highest BCUT2D eigenvalue weighted by atomic mass is 16.7. The zero-order valence-corrected chi connectivity index (χ0v) is 31.3. The van der Waals surface area contributed by atoms with Crippen LogP contribution in [0, 0.1) is 5.41 Å². The van der Waals surface area contributed by atoms with E-state index in [0.29, 0.717) is 28.0 Å². The summed E-state index contributed by atoms with van der Waals surface area (Å²) in [5.41, 5.74) is 0.913. The standard InChI is InChI=1S/C40H41N5O14/c41-40-43-37-29(38(56)44-40)42-17-45(37)26-6-2-1-4-21(26)20(5-3-10-46)24-13-25-28(31(52)23-12-18(14-48)7-8-22(23)30(25)51)36(57-16-19(50)9-11-47)35(24)59-39-34(55)33(54)32(53)27(15-49)58-39/h1-2,4,6-8,11-13,19-20,27,32-34,39,46,48-50,53-55H,3,5,9-10,14-17H2,(H2,41,44,56)/p+1/t19-,20+,27+,32+,33-,34+,39-/m1/s1. The van der Waals surface area contributed by atoms with Gasteiger partial charge in [-0.3, -0.25) is 25.1 Å². The van der Waals surface area contributed by atoms with Crippen molar-refractivity contribution in [2.24, 2.45) is 9.98 Å². The van der Waals surface area contributed by atoms with Gasteiger partial charge in [-0.2, -0.15) is 4.99 Å². The summed E-state index contributed by atoms with van der Waals surface area (Å²) in [6.07, 6.45) is -10.0. The van der Waals surface area contributed by atoms with Crippen LogP contribution in [0.15, 0.2) is 58.5 Å². The molecule has 0 saturated carbocycles. The third-order valence-electron chi connectivity index (χ3n) is 10.6. The molecular formula is C40H42N5O14+. The van der Waals surface area contributed by atoms with Gasteiger partial charge in [0.25, 0.3) is 11.7 Å². The number of rotatable bonds is 15. The van der Waals surface area contributed by atoms with Crippen molar-refractivity contribution in [2.45, 2.75) is 68.6 Å². The summed E-state index contributed by atoms with van der Waals surface area (Å²) in [6, 6.07) is 12.6. The van der Waals surface area contributed by atoms with E-state index in [0.717, 1.165) is 0 Å². The highest BCUT2D eigenvalue weighted by Crippen LogP contribution is 2.49. The number of amidine groups is 1. The first kappa shape index (κ1) is 41.5. The Kier molecular flexibility index (Phi) is 12.2. The predicted molar refractivity (Wildman–Crippen MR) is 203 cm³/mol. The average Bonchev–Trinajstić information content (AvgIpc) is 3.66. The first-order chi connectivity index (χ1) is 28.4. The van der Waals surface area contributed by atoms with Crippen LogP contribution in [0.25, 0.3) is 0 Å². The Labute approximate surface area is 335 Å². The van der Waals surface area contributed by atoms with Crippen molar-refractivity contribution in [1.29, 1.82) is 5.41 Å². The zero-order valence-electron chi connectivity index (χ0n) is 31.3. The van der Waals surface area contributed by atoms with Gasteiger partial charge >= 0.3 is 0 Å². The Hall–Kier alpha value is -5.61. The fourth-order valence-electron chi connectivity index (χ4n) is 7.70. The predicted octanol–water partition coefficient (Wildman–Crippen LogP) is -2.24. The summed E-state index contributed by atoms with van der Waals surface area (Å²) in [5.74, 6) is -3.87. The van der Waals surface area contributed by atoms with Crippen LogP contribution >= 0.6 is 0 Å². The van der Waals surface area contributed by atoms with Crippen LogP contribution in [0.2, 0.25) is 0 Å². The number of guanidine groups is 1. The van der Waals surface area contributed by atoms with Gasteiger partial charge in [0.2, 0.25) is 18.0 Å². The monoisotopic (exact) mass is 816 g/mol. The van der Waals surface area contributed by atoms with E-state index in [4.69, 9.17) is 19.6 Å². The van der Waals surface area contributed by atoms with Crippen molar-refractivity contribution in [3.63, 3.8) is 0 Å². The van der Waals surface area contributed by atoms with Crippen LogP contribution in [0.1, 0.15) is 73.7 Å². The molecule has 1 saturated heterocycles. The number of quaternary nitrogens is 1. The highest BCUT2D eigenvalue weighted by molar-refractivity contribution is 6.68. The van der Waals surface area contributed by atoms with E-state index in [-0.39, 0.29) is 77.7 Å². The van der Waals surface area contributed by atoms with Crippen LogP contribution < -0.4 is 19.7 Å². The Balaban J connectivity index is 1.49. The first-order valence-electron chi connectivity index (χ1n) is 18.8. The molecule has 8 atom stereocenters. The van der Waals surface area contributed by atoms with E-state index < -0.39 is 91.7 Å². The molecule has 1 fully saturated rings. The molecule has 1 aliphatic carbocycles. The van der Waals surface area contributed by atoms with Crippen molar-refractivity contribution >= 4 is 47.0 Å². The maximum absolute atomic E-state index is 14.6. The molecule has 310 valence electrons. The molecule has 0 radical (unpaired) electrons. The van der Waals surface area contributed by atoms with Gasteiger partial charge in [-0.1, -0.05) is 24.3 Å². The molecule has 3 aromatic carbocycles. The SMILES string of the molecule is N=C1N=C2C(=NC[NH+]2c2ccccc2[C@H](CCCO)c2cc3c(c(OC[C@H](O)CC=O)c2O[C@H]2O[C@@H](CO)[C@H](O)[C@@H](O)[C@@H]2O)C(=O)c2cc(CO)ccc2C3=O)C(=O)N1. The number of amides is 1. The number of hydrogen-bond donors (Lipinski definition) is 10. The zero-order chi connectivity index (χ0) is 42.1. The second-order valence-electron chi connectivity index (χ2n) is 14.3. The number of carbonyl (C=O) groups is 4. The molecule has 3 aliphatic heterocycles. The Bertz CT molecular complexity index is 2260. The summed E-state index contributed by atoms with van der Waals surface area (Å²) < 4.78 is 18.3. The lowest BCUT2D eigenvalue weighted by Gasteiger charge is -2.40. The molecule has 3 aromatic rings. The largest absolute Gasteiger partial charge is 0.486 e. The molecule has 7 rings (SSSR count). The number of hydrogen-bond acceptors (Lipinski definition) is 16. The molecule has 10 N–H and O–H groups in total. The molecular weight excluding hydrogens is 774 g/mol. The van der Waals surface area contributed by atoms with Crippen molar-refractivity contribution in [1.82, 2.24) is 5.32 Å². The van der Waals surface area contributed by atoms with Crippen LogP contribution in [0.3, 0.4) is 0 Å². The molecule has 1 amide bonds. The molecule has 1 unspecified atom stereocenters. The lowest BCUT2D eigenvalue weighted by molar-refractivity contribution is -0.723. The summed E-state index contributed by atoms with van der Waals surface area (Å²) >= 11 is 0. The van der Waals surface area contributed by atoms with E-state index in [1.165, 1.54) is 24.3 Å². The van der Waals surface area contributed by atoms with Gasteiger partial charge in [0.15, 0.2) is 29.7 Å². The van der Waals surface area contributed by atoms with E-state index in [2.05, 4.69) is 15.3 Å². The van der Waals surface area contributed by atoms with E-state index >= 15 is 0 Å². The van der Waals surface area contributed by atoms with Crippen LogP contribution in [0.4, 0.5) is 5.69 Å². The van der Waals surface area contributed by atoms with Gasteiger partial charge in [-0.15, -0.1) is 0 Å². The number of aliphatic imine (C=N–C) groups is 2. The third-order valence-corrected chi connectivity index (χ3v) is 10.6. The lowest BCUT2D eigenvalue weighted by atomic mass is 9.78. The van der Waals surface area contributed by atoms with E-state index in [1.807, 2.05) is 0 Å². The average molecular weight is 817 g/mol. The first-order valence-corrected chi connectivity index (χ1v) is 18.8. The quantitative estimate of drug-likeness (QED) is 0.0568. The minimum Gasteiger partial charge on any atom is -0.486 e. The number of carbonyl (C=O) groups excluding carboxylic acids is 4. The van der Waals surface area contributed by atoms with Crippen molar-refractivity contribution in [3.8, 4) is 11.5 Å². The molecule has 0 aromatic heterocycles. The van der Waals surface area contributed by atoms with Crippen molar-refractivity contribution in [3.05, 3.63) is 87.5 Å². The Morgan fingerprint density at radius 3 is 2.46 bits per heavy atom. The maximum Gasteiger partial charge on any atom is 0.284 e. The van der Waals surface area contributed by atoms with Crippen molar-refractivity contribution in [2.75, 3.05) is 26.5 Å². The number of ether oxygens (including phenoxy) is 3. The van der Waals surface area contributed by atoms with E-state index in [9.17, 15) is 54.9 Å². The van der Waals surface area contributed by atoms with Gasteiger partial charge in [-0.05, 0) is 42.7 Å². The van der Waals surface area contributed by atoms with Crippen LogP contribution in [-0.4, -0.2) is 140 Å². The Morgan fingerprint density at radius 1 is 0.949 bits per heavy atom. The van der Waals surface area contributed by atoms with Gasteiger partial charge in [0.05, 0.1) is 24.9 Å². The summed E-state index contributed by atoms with van der Waals surface area (Å²) in [4.78, 5) is 62.3. The molecule has 0 bridgehead atoms. The smallest absolute Gasteiger partial charge is 0.284 e. The number of nitrogens with zero attached hydrogens (tertiary/aromatic N) is 2. The summed E-state index contributed by atoms with van der Waals surface area (Å²) in [6.45, 7) is -2.19. The number of benzene rings is 3. The number of para-hydroxylation sites is 1. The number of ketones is 2. The van der Waals surface area contributed by atoms with Crippen molar-refractivity contribution < 1.29 is 74.0 Å². The van der Waals surface area contributed by atoms with Crippen LogP contribution in [-0.2, 0) is 20.9 Å². The summed E-state index contributed by atoms with van der Waals surface area (Å²) in [5, 5.41) is 83.7. The molecule has 0 spiro atoms. The second kappa shape index (κ2) is 17.3. The molecule has 59 heavy (non-hydrogen) atoms. The van der Waals surface area contributed by atoms with Gasteiger partial charge < -0.3 is 54.8 Å². The number of fused-ring (bicyclic) bond motifs is 3. The fraction of sp³-hybridized carbons (Fsp3) is 0.375. The van der Waals surface area contributed by atoms with Crippen LogP contribution in [0.5, 0.6) is 11.5 Å². The fourth-order valence-corrected chi connectivity index (χ4v) is 7.70. The van der Waals surface area contributed by atoms with Gasteiger partial charge in [0.1, 0.15) is 43.0 Å². The van der Waals surface area contributed by atoms with Gasteiger partial charge in [-0.25, -0.2) is 9.89 Å². The lowest BCUT2D eigenvalue weighted by Crippen LogP contribution is -3.09. The number of aldehydes is 1. The number of nitrogens with one attached hydrogen (secondary N) is 3. The number of aliphatic hydroxyl groups is 7. The van der Waals surface area contributed by atoms with Gasteiger partial charge in [0, 0.05) is 46.8 Å². The Morgan fingerprint density at radius 2 is 1.73 bits per heavy atom. The molecule has 3 heterocycles. The molecule has 4 aliphatic rings.